The minimum atomic E-state index is -0.846. The highest BCUT2D eigenvalue weighted by Crippen LogP contribution is 2.27. The summed E-state index contributed by atoms with van der Waals surface area (Å²) in [7, 11) is 0. The number of aryl methyl sites for hydroxylation is 1. The Bertz CT molecular complexity index is 1140. The van der Waals surface area contributed by atoms with Crippen molar-refractivity contribution in [3.05, 3.63) is 76.5 Å². The molecule has 1 unspecified atom stereocenters. The van der Waals surface area contributed by atoms with E-state index in [1.807, 2.05) is 37.3 Å². The molecule has 0 aliphatic rings. The van der Waals surface area contributed by atoms with Gasteiger partial charge in [-0.15, -0.1) is 11.3 Å². The van der Waals surface area contributed by atoms with Crippen molar-refractivity contribution in [2.45, 2.75) is 39.3 Å². The molecule has 1 heterocycles. The molecule has 8 nitrogen and oxygen atoms in total. The van der Waals surface area contributed by atoms with Gasteiger partial charge in [-0.25, -0.2) is 14.2 Å². The number of carbonyl (C=O) groups excluding carboxylic acids is 3. The first-order valence-corrected chi connectivity index (χ1v) is 11.6. The van der Waals surface area contributed by atoms with Crippen molar-refractivity contribution in [3.63, 3.8) is 0 Å². The van der Waals surface area contributed by atoms with Gasteiger partial charge in [0.25, 0.3) is 11.8 Å². The minimum Gasteiger partial charge on any atom is -0.334 e. The van der Waals surface area contributed by atoms with Crippen LogP contribution in [0.4, 0.5) is 9.18 Å². The summed E-state index contributed by atoms with van der Waals surface area (Å²) in [6.07, 6.45) is 1.02. The van der Waals surface area contributed by atoms with E-state index >= 15 is 0 Å². The van der Waals surface area contributed by atoms with E-state index < -0.39 is 23.9 Å². The highest BCUT2D eigenvalue weighted by Gasteiger charge is 2.22. The molecule has 0 saturated heterocycles. The highest BCUT2D eigenvalue weighted by atomic mass is 32.1. The van der Waals surface area contributed by atoms with E-state index in [1.54, 1.807) is 19.1 Å². The Morgan fingerprint density at radius 3 is 2.41 bits per heavy atom. The molecule has 178 valence electrons. The molecule has 34 heavy (non-hydrogen) atoms. The molecule has 0 aliphatic heterocycles. The standard InChI is InChI=1S/C24H26FN5O3S/c1-3-7-19(28-24(33)26-14-16-10-12-18(25)13-11-16)21(31)29-30-22(32)20-15(2)27-23(34-20)17-8-5-4-6-9-17/h4-6,8-13,19H,3,7,14H2,1-2H3,(H,29,31)(H,30,32)(H2,26,28,33). The maximum Gasteiger partial charge on any atom is 0.315 e. The third kappa shape index (κ3) is 6.85. The fourth-order valence-corrected chi connectivity index (χ4v) is 4.09. The van der Waals surface area contributed by atoms with Crippen LogP contribution in [0.25, 0.3) is 10.6 Å². The maximum atomic E-state index is 13.0. The molecule has 10 heteroatoms. The molecule has 3 aromatic rings. The molecule has 3 rings (SSSR count). The van der Waals surface area contributed by atoms with Crippen molar-refractivity contribution in [2.75, 3.05) is 0 Å². The number of nitrogens with one attached hydrogen (secondary N) is 4. The zero-order valence-corrected chi connectivity index (χ0v) is 19.7. The van der Waals surface area contributed by atoms with Crippen LogP contribution in [0.5, 0.6) is 0 Å². The smallest absolute Gasteiger partial charge is 0.315 e. The Labute approximate surface area is 201 Å². The summed E-state index contributed by atoms with van der Waals surface area (Å²) in [6.45, 7) is 3.78. The number of hydrogen-bond donors (Lipinski definition) is 4. The number of amides is 4. The Morgan fingerprint density at radius 2 is 1.74 bits per heavy atom. The van der Waals surface area contributed by atoms with Crippen molar-refractivity contribution in [1.82, 2.24) is 26.5 Å². The van der Waals surface area contributed by atoms with Gasteiger partial charge in [-0.2, -0.15) is 0 Å². The number of halogens is 1. The molecule has 0 bridgehead atoms. The van der Waals surface area contributed by atoms with Gasteiger partial charge in [-0.05, 0) is 31.0 Å². The molecular weight excluding hydrogens is 457 g/mol. The van der Waals surface area contributed by atoms with Crippen LogP contribution in [0.1, 0.15) is 40.7 Å². The maximum absolute atomic E-state index is 13.0. The van der Waals surface area contributed by atoms with Crippen LogP contribution in [-0.4, -0.2) is 28.9 Å². The quantitative estimate of drug-likeness (QED) is 0.366. The van der Waals surface area contributed by atoms with Gasteiger partial charge in [0.05, 0.1) is 5.69 Å². The molecule has 2 aromatic carbocycles. The van der Waals surface area contributed by atoms with E-state index in [2.05, 4.69) is 26.5 Å². The van der Waals surface area contributed by atoms with Crippen LogP contribution in [0.3, 0.4) is 0 Å². The number of carbonyl (C=O) groups is 3. The van der Waals surface area contributed by atoms with Crippen LogP contribution in [0, 0.1) is 12.7 Å². The molecule has 0 radical (unpaired) electrons. The van der Waals surface area contributed by atoms with Gasteiger partial charge in [-0.1, -0.05) is 55.8 Å². The number of hydrazine groups is 1. The zero-order chi connectivity index (χ0) is 24.5. The van der Waals surface area contributed by atoms with Gasteiger partial charge in [0.2, 0.25) is 0 Å². The average molecular weight is 484 g/mol. The van der Waals surface area contributed by atoms with Gasteiger partial charge < -0.3 is 10.6 Å². The third-order valence-corrected chi connectivity index (χ3v) is 6.09. The number of nitrogens with zero attached hydrogens (tertiary/aromatic N) is 1. The van der Waals surface area contributed by atoms with Crippen LogP contribution in [0.15, 0.2) is 54.6 Å². The monoisotopic (exact) mass is 483 g/mol. The first-order chi connectivity index (χ1) is 16.4. The summed E-state index contributed by atoms with van der Waals surface area (Å²) >= 11 is 1.23. The number of benzene rings is 2. The number of urea groups is 1. The molecule has 0 spiro atoms. The van der Waals surface area contributed by atoms with Gasteiger partial charge in [0.15, 0.2) is 0 Å². The summed E-state index contributed by atoms with van der Waals surface area (Å²) in [5.41, 5.74) is 6.96. The fraction of sp³-hybridized carbons (Fsp3) is 0.250. The third-order valence-electron chi connectivity index (χ3n) is 4.89. The SMILES string of the molecule is CCCC(NC(=O)NCc1ccc(F)cc1)C(=O)NNC(=O)c1sc(-c2ccccc2)nc1C. The minimum absolute atomic E-state index is 0.178. The van der Waals surface area contributed by atoms with Crippen molar-refractivity contribution < 1.29 is 18.8 Å². The van der Waals surface area contributed by atoms with E-state index in [0.29, 0.717) is 28.4 Å². The first-order valence-electron chi connectivity index (χ1n) is 10.8. The Hall–Kier alpha value is -3.79. The lowest BCUT2D eigenvalue weighted by atomic mass is 10.1. The van der Waals surface area contributed by atoms with Gasteiger partial charge in [-0.3, -0.25) is 20.4 Å². The lowest BCUT2D eigenvalue weighted by Crippen LogP contribution is -2.53. The fourth-order valence-electron chi connectivity index (χ4n) is 3.12. The molecule has 1 aromatic heterocycles. The molecule has 1 atom stereocenters. The summed E-state index contributed by atoms with van der Waals surface area (Å²) in [6, 6.07) is 13.8. The second-order valence-electron chi connectivity index (χ2n) is 7.54. The summed E-state index contributed by atoms with van der Waals surface area (Å²) in [5, 5.41) is 5.94. The predicted molar refractivity (Wildman–Crippen MR) is 128 cm³/mol. The first kappa shape index (κ1) is 24.8. The Morgan fingerprint density at radius 1 is 1.03 bits per heavy atom. The van der Waals surface area contributed by atoms with Crippen molar-refractivity contribution in [3.8, 4) is 10.6 Å². The van der Waals surface area contributed by atoms with Crippen molar-refractivity contribution >= 4 is 29.2 Å². The highest BCUT2D eigenvalue weighted by molar-refractivity contribution is 7.17. The normalized spacial score (nSPS) is 11.4. The summed E-state index contributed by atoms with van der Waals surface area (Å²) < 4.78 is 13.0. The van der Waals surface area contributed by atoms with E-state index in [0.717, 1.165) is 11.1 Å². The van der Waals surface area contributed by atoms with Gasteiger partial charge in [0, 0.05) is 12.1 Å². The molecule has 4 amide bonds. The Balaban J connectivity index is 1.53. The molecule has 4 N–H and O–H groups in total. The van der Waals surface area contributed by atoms with E-state index in [9.17, 15) is 18.8 Å². The number of thiazole rings is 1. The topological polar surface area (TPSA) is 112 Å². The van der Waals surface area contributed by atoms with Crippen molar-refractivity contribution in [1.29, 1.82) is 0 Å². The number of rotatable bonds is 8. The largest absolute Gasteiger partial charge is 0.334 e. The van der Waals surface area contributed by atoms with E-state index in [-0.39, 0.29) is 12.4 Å². The molecule has 0 aliphatic carbocycles. The van der Waals surface area contributed by atoms with E-state index in [4.69, 9.17) is 0 Å². The van der Waals surface area contributed by atoms with E-state index in [1.165, 1.54) is 23.5 Å². The molecular formula is C24H26FN5O3S. The summed E-state index contributed by atoms with van der Waals surface area (Å²) in [4.78, 5) is 42.3. The Kier molecular flexibility index (Phi) is 8.69. The van der Waals surface area contributed by atoms with Crippen molar-refractivity contribution in [2.24, 2.45) is 0 Å². The number of hydrogen-bond acceptors (Lipinski definition) is 5. The average Bonchev–Trinajstić information content (AvgIpc) is 3.24. The van der Waals surface area contributed by atoms with Crippen LogP contribution in [0.2, 0.25) is 0 Å². The molecule has 0 fully saturated rings. The lowest BCUT2D eigenvalue weighted by Gasteiger charge is -2.18. The zero-order valence-electron chi connectivity index (χ0n) is 18.9. The van der Waals surface area contributed by atoms with Crippen LogP contribution in [-0.2, 0) is 11.3 Å². The second-order valence-corrected chi connectivity index (χ2v) is 8.54. The predicted octanol–water partition coefficient (Wildman–Crippen LogP) is 3.69. The molecule has 0 saturated carbocycles. The van der Waals surface area contributed by atoms with Crippen LogP contribution < -0.4 is 21.5 Å². The van der Waals surface area contributed by atoms with Crippen LogP contribution >= 0.6 is 11.3 Å². The lowest BCUT2D eigenvalue weighted by molar-refractivity contribution is -0.123. The number of aromatic nitrogens is 1. The summed E-state index contributed by atoms with van der Waals surface area (Å²) in [5.74, 6) is -1.39. The second kappa shape index (κ2) is 11.9. The van der Waals surface area contributed by atoms with Gasteiger partial charge in [0.1, 0.15) is 21.7 Å². The van der Waals surface area contributed by atoms with Gasteiger partial charge >= 0.3 is 6.03 Å².